The second-order valence-corrected chi connectivity index (χ2v) is 11.7. The van der Waals surface area contributed by atoms with Gasteiger partial charge in [-0.1, -0.05) is 46.2 Å². The lowest BCUT2D eigenvalue weighted by atomic mass is 9.55. The SMILES string of the molecule is CCCC(C)(C)c1ccc2c(c1O)C(=O)C1=C(O)C3(O)CC(C(N)=O)=C(O)C(N(C)C)C3C(O)C1C2C. The number of hydrogen-bond donors (Lipinski definition) is 6. The summed E-state index contributed by atoms with van der Waals surface area (Å²) >= 11 is 0. The largest absolute Gasteiger partial charge is 0.510 e. The molecule has 0 radical (unpaired) electrons. The maximum atomic E-state index is 14.0. The van der Waals surface area contributed by atoms with Gasteiger partial charge in [0, 0.05) is 29.4 Å². The average molecular weight is 515 g/mol. The number of ketones is 1. The number of nitrogens with two attached hydrogens (primary N) is 1. The van der Waals surface area contributed by atoms with Gasteiger partial charge in [-0.2, -0.15) is 0 Å². The lowest BCUT2D eigenvalue weighted by Crippen LogP contribution is -2.64. The highest BCUT2D eigenvalue weighted by Gasteiger charge is 2.63. The van der Waals surface area contributed by atoms with Gasteiger partial charge in [-0.15, -0.1) is 0 Å². The minimum atomic E-state index is -2.24. The van der Waals surface area contributed by atoms with Crippen LogP contribution < -0.4 is 5.73 Å². The van der Waals surface area contributed by atoms with Crippen molar-refractivity contribution in [2.45, 2.75) is 76.0 Å². The average Bonchev–Trinajstić information content (AvgIpc) is 2.79. The number of hydrogen-bond acceptors (Lipinski definition) is 8. The van der Waals surface area contributed by atoms with Crippen molar-refractivity contribution < 1.29 is 35.1 Å². The number of carbonyl (C=O) groups excluding carboxylic acids is 2. The number of phenols is 1. The van der Waals surface area contributed by atoms with E-state index in [9.17, 15) is 35.1 Å². The van der Waals surface area contributed by atoms with Crippen molar-refractivity contribution in [2.24, 2.45) is 17.6 Å². The van der Waals surface area contributed by atoms with Gasteiger partial charge in [0.15, 0.2) is 5.78 Å². The van der Waals surface area contributed by atoms with Crippen LogP contribution in [0.3, 0.4) is 0 Å². The summed E-state index contributed by atoms with van der Waals surface area (Å²) in [6.07, 6.45) is -0.285. The smallest absolute Gasteiger partial charge is 0.248 e. The monoisotopic (exact) mass is 514 g/mol. The van der Waals surface area contributed by atoms with E-state index in [1.54, 1.807) is 27.1 Å². The summed E-state index contributed by atoms with van der Waals surface area (Å²) in [7, 11) is 3.22. The molecular weight excluding hydrogens is 476 g/mol. The zero-order valence-electron chi connectivity index (χ0n) is 22.2. The lowest BCUT2D eigenvalue weighted by molar-refractivity contribution is -0.136. The maximum Gasteiger partial charge on any atom is 0.248 e. The van der Waals surface area contributed by atoms with Crippen molar-refractivity contribution >= 4 is 11.7 Å². The number of phenolic OH excluding ortho intramolecular Hbond substituents is 1. The summed E-state index contributed by atoms with van der Waals surface area (Å²) in [4.78, 5) is 27.6. The van der Waals surface area contributed by atoms with Crippen LogP contribution in [0.4, 0.5) is 0 Å². The predicted molar refractivity (Wildman–Crippen MR) is 137 cm³/mol. The van der Waals surface area contributed by atoms with E-state index in [4.69, 9.17) is 5.73 Å². The van der Waals surface area contributed by atoms with E-state index in [-0.39, 0.29) is 28.2 Å². The number of fused-ring (bicyclic) bond motifs is 3. The number of amides is 1. The Morgan fingerprint density at radius 3 is 2.38 bits per heavy atom. The molecule has 37 heavy (non-hydrogen) atoms. The highest BCUT2D eigenvalue weighted by molar-refractivity contribution is 6.14. The maximum absolute atomic E-state index is 14.0. The number of aliphatic hydroxyl groups excluding tert-OH is 3. The van der Waals surface area contributed by atoms with Crippen LogP contribution >= 0.6 is 0 Å². The highest BCUT2D eigenvalue weighted by Crippen LogP contribution is 2.57. The zero-order valence-corrected chi connectivity index (χ0v) is 22.2. The molecule has 202 valence electrons. The Labute approximate surface area is 216 Å². The summed E-state index contributed by atoms with van der Waals surface area (Å²) in [5.41, 5.74) is 3.56. The van der Waals surface area contributed by atoms with Gasteiger partial charge in [0.2, 0.25) is 5.91 Å². The van der Waals surface area contributed by atoms with Gasteiger partial charge >= 0.3 is 0 Å². The molecular formula is C28H38N2O7. The minimum absolute atomic E-state index is 0.0507. The van der Waals surface area contributed by atoms with Gasteiger partial charge < -0.3 is 31.3 Å². The number of nitrogens with zero attached hydrogens (tertiary/aromatic N) is 1. The number of aromatic hydroxyl groups is 1. The lowest BCUT2D eigenvalue weighted by Gasteiger charge is -2.54. The van der Waals surface area contributed by atoms with E-state index >= 15 is 0 Å². The number of primary amides is 1. The third-order valence-electron chi connectivity index (χ3n) is 8.83. The van der Waals surface area contributed by atoms with Crippen molar-refractivity contribution in [3.63, 3.8) is 0 Å². The summed E-state index contributed by atoms with van der Waals surface area (Å²) in [6.45, 7) is 7.81. The van der Waals surface area contributed by atoms with Gasteiger partial charge in [-0.05, 0) is 37.4 Å². The Morgan fingerprint density at radius 2 is 1.84 bits per heavy atom. The normalized spacial score (nSPS) is 31.8. The van der Waals surface area contributed by atoms with Crippen molar-refractivity contribution in [1.29, 1.82) is 0 Å². The first kappa shape index (κ1) is 27.2. The molecule has 6 atom stereocenters. The Kier molecular flexibility index (Phi) is 6.50. The molecule has 9 heteroatoms. The topological polar surface area (TPSA) is 165 Å². The Bertz CT molecular complexity index is 1230. The molecule has 0 bridgehead atoms. The molecule has 1 aromatic carbocycles. The molecule has 0 spiro atoms. The fourth-order valence-corrected chi connectivity index (χ4v) is 7.03. The van der Waals surface area contributed by atoms with Crippen molar-refractivity contribution in [3.8, 4) is 5.75 Å². The van der Waals surface area contributed by atoms with E-state index in [1.807, 2.05) is 26.8 Å². The number of rotatable bonds is 5. The number of Topliss-reactive ketones (excluding diaryl/α,β-unsaturated/α-hetero) is 1. The van der Waals surface area contributed by atoms with Crippen molar-refractivity contribution in [1.82, 2.24) is 4.90 Å². The molecule has 9 nitrogen and oxygen atoms in total. The molecule has 6 unspecified atom stereocenters. The zero-order chi connectivity index (χ0) is 27.8. The van der Waals surface area contributed by atoms with Crippen LogP contribution in [0.1, 0.15) is 74.4 Å². The van der Waals surface area contributed by atoms with Gasteiger partial charge in [-0.3, -0.25) is 14.5 Å². The summed E-state index contributed by atoms with van der Waals surface area (Å²) in [6, 6.07) is 2.55. The van der Waals surface area contributed by atoms with Crippen LogP contribution in [0.25, 0.3) is 0 Å². The molecule has 3 aliphatic carbocycles. The first-order valence-electron chi connectivity index (χ1n) is 12.7. The molecule has 0 aromatic heterocycles. The van der Waals surface area contributed by atoms with E-state index in [1.165, 1.54) is 4.90 Å². The second kappa shape index (κ2) is 8.85. The van der Waals surface area contributed by atoms with E-state index in [0.717, 1.165) is 12.8 Å². The standard InChI is InChI=1S/C28H38N2O7/c1-7-10-27(3,4)15-9-8-13-12(2)16-18(23(33)17(13)22(15)32)25(35)28(37)11-14(26(29)36)21(31)20(30(5)6)19(28)24(16)34/h8-9,12,16,19-20,24,31-32,34-35,37H,7,10-11H2,1-6H3,(H2,29,36). The second-order valence-electron chi connectivity index (χ2n) is 11.7. The van der Waals surface area contributed by atoms with Crippen molar-refractivity contribution in [2.75, 3.05) is 14.1 Å². The number of likely N-dealkylation sites (N-methyl/N-ethyl adjacent to an activating group) is 1. The predicted octanol–water partition coefficient (Wildman–Crippen LogP) is 2.55. The fourth-order valence-electron chi connectivity index (χ4n) is 7.03. The first-order valence-corrected chi connectivity index (χ1v) is 12.7. The third kappa shape index (κ3) is 3.70. The van der Waals surface area contributed by atoms with E-state index < -0.39 is 64.8 Å². The summed E-state index contributed by atoms with van der Waals surface area (Å²) in [5, 5.41) is 57.3. The van der Waals surface area contributed by atoms with Gasteiger partial charge in [-0.25, -0.2) is 0 Å². The quantitative estimate of drug-likeness (QED) is 0.349. The van der Waals surface area contributed by atoms with Gasteiger partial charge in [0.25, 0.3) is 0 Å². The molecule has 4 rings (SSSR count). The molecule has 0 heterocycles. The highest BCUT2D eigenvalue weighted by atomic mass is 16.3. The Morgan fingerprint density at radius 1 is 1.22 bits per heavy atom. The van der Waals surface area contributed by atoms with Crippen LogP contribution in [-0.2, 0) is 10.2 Å². The molecule has 0 fully saturated rings. The van der Waals surface area contributed by atoms with Gasteiger partial charge in [0.1, 0.15) is 22.9 Å². The molecule has 1 aromatic rings. The minimum Gasteiger partial charge on any atom is -0.510 e. The van der Waals surface area contributed by atoms with Crippen LogP contribution in [-0.4, -0.2) is 74.0 Å². The summed E-state index contributed by atoms with van der Waals surface area (Å²) < 4.78 is 0. The molecule has 1 amide bonds. The molecule has 0 saturated carbocycles. The van der Waals surface area contributed by atoms with Crippen LogP contribution in [0.5, 0.6) is 5.75 Å². The van der Waals surface area contributed by atoms with E-state index in [2.05, 4.69) is 0 Å². The van der Waals surface area contributed by atoms with Crippen LogP contribution in [0, 0.1) is 11.8 Å². The Hall–Kier alpha value is -2.88. The van der Waals surface area contributed by atoms with E-state index in [0.29, 0.717) is 11.1 Å². The summed E-state index contributed by atoms with van der Waals surface area (Å²) in [5.74, 6) is -5.43. The molecule has 0 aliphatic heterocycles. The fraction of sp³-hybridized carbons (Fsp3) is 0.571. The third-order valence-corrected chi connectivity index (χ3v) is 8.83. The number of benzene rings is 1. The van der Waals surface area contributed by atoms with Crippen LogP contribution in [0.15, 0.2) is 34.8 Å². The van der Waals surface area contributed by atoms with Crippen LogP contribution in [0.2, 0.25) is 0 Å². The number of aliphatic hydroxyl groups is 4. The number of carbonyl (C=O) groups is 2. The van der Waals surface area contributed by atoms with Crippen molar-refractivity contribution in [3.05, 3.63) is 51.5 Å². The molecule has 7 N–H and O–H groups in total. The molecule has 0 saturated heterocycles. The Balaban J connectivity index is 1.97. The van der Waals surface area contributed by atoms with Gasteiger partial charge in [0.05, 0.1) is 23.3 Å². The molecule has 3 aliphatic rings. The first-order chi connectivity index (χ1) is 17.1.